The molecule has 0 saturated carbocycles. The molecule has 2 rings (SSSR count). The monoisotopic (exact) mass is 398 g/mol. The van der Waals surface area contributed by atoms with Crippen LogP contribution in [0.4, 0.5) is 8.78 Å². The minimum Gasteiger partial charge on any atom is -0.493 e. The average molecular weight is 398 g/mol. The Bertz CT molecular complexity index is 668. The van der Waals surface area contributed by atoms with Crippen molar-refractivity contribution in [2.75, 3.05) is 39.9 Å². The molecule has 1 aliphatic rings. The first-order chi connectivity index (χ1) is 13.4. The van der Waals surface area contributed by atoms with Gasteiger partial charge in [-0.25, -0.2) is 0 Å². The second kappa shape index (κ2) is 11.0. The van der Waals surface area contributed by atoms with E-state index in [1.807, 2.05) is 0 Å². The minimum atomic E-state index is -2.99. The van der Waals surface area contributed by atoms with Gasteiger partial charge in [0, 0.05) is 37.8 Å². The predicted octanol–water partition coefficient (Wildman–Crippen LogP) is 2.78. The lowest BCUT2D eigenvalue weighted by molar-refractivity contribution is -0.117. The normalized spacial score (nSPS) is 18.0. The molecule has 0 bridgehead atoms. The van der Waals surface area contributed by atoms with Crippen molar-refractivity contribution >= 4 is 12.0 Å². The first-order valence-corrected chi connectivity index (χ1v) is 9.30. The van der Waals surface area contributed by atoms with E-state index in [-0.39, 0.29) is 23.5 Å². The van der Waals surface area contributed by atoms with Crippen molar-refractivity contribution in [1.29, 1.82) is 0 Å². The molecule has 1 atom stereocenters. The molecule has 1 aliphatic heterocycles. The number of hydrogen-bond donors (Lipinski definition) is 1. The van der Waals surface area contributed by atoms with Gasteiger partial charge in [0.1, 0.15) is 0 Å². The SMILES string of the molecule is COc1cccc(/C=C/C(=O)NCC2CN(CC(C)C)CCO2)c1OC(F)F. The van der Waals surface area contributed by atoms with Crippen molar-refractivity contribution in [1.82, 2.24) is 10.2 Å². The lowest BCUT2D eigenvalue weighted by Gasteiger charge is -2.33. The molecule has 1 heterocycles. The maximum absolute atomic E-state index is 12.7. The molecular weight excluding hydrogens is 370 g/mol. The first kappa shape index (κ1) is 22.1. The number of rotatable bonds is 9. The van der Waals surface area contributed by atoms with Gasteiger partial charge in [-0.2, -0.15) is 8.78 Å². The molecule has 1 amide bonds. The molecule has 0 aliphatic carbocycles. The third-order valence-corrected chi connectivity index (χ3v) is 4.20. The Labute approximate surface area is 164 Å². The smallest absolute Gasteiger partial charge is 0.387 e. The van der Waals surface area contributed by atoms with E-state index in [0.717, 1.165) is 19.6 Å². The van der Waals surface area contributed by atoms with E-state index in [0.29, 0.717) is 24.6 Å². The number of nitrogens with one attached hydrogen (secondary N) is 1. The largest absolute Gasteiger partial charge is 0.493 e. The Morgan fingerprint density at radius 1 is 1.43 bits per heavy atom. The van der Waals surface area contributed by atoms with Crippen LogP contribution < -0.4 is 14.8 Å². The second-order valence-electron chi connectivity index (χ2n) is 6.98. The van der Waals surface area contributed by atoms with E-state index in [2.05, 4.69) is 28.8 Å². The van der Waals surface area contributed by atoms with Crippen LogP contribution in [-0.2, 0) is 9.53 Å². The molecule has 1 unspecified atom stereocenters. The summed E-state index contributed by atoms with van der Waals surface area (Å²) in [6, 6.07) is 4.71. The summed E-state index contributed by atoms with van der Waals surface area (Å²) in [6.07, 6.45) is 2.63. The number of amides is 1. The lowest BCUT2D eigenvalue weighted by atomic mass is 10.1. The second-order valence-corrected chi connectivity index (χ2v) is 6.98. The van der Waals surface area contributed by atoms with Gasteiger partial charge in [0.05, 0.1) is 19.8 Å². The van der Waals surface area contributed by atoms with Crippen LogP contribution in [0.3, 0.4) is 0 Å². The van der Waals surface area contributed by atoms with Crippen LogP contribution in [0, 0.1) is 5.92 Å². The van der Waals surface area contributed by atoms with E-state index in [1.165, 1.54) is 25.3 Å². The van der Waals surface area contributed by atoms with Crippen LogP contribution >= 0.6 is 0 Å². The molecule has 0 radical (unpaired) electrons. The predicted molar refractivity (Wildman–Crippen MR) is 103 cm³/mol. The Hall–Kier alpha value is -2.19. The van der Waals surface area contributed by atoms with Crippen LogP contribution in [-0.4, -0.2) is 63.4 Å². The molecule has 1 saturated heterocycles. The van der Waals surface area contributed by atoms with Gasteiger partial charge < -0.3 is 19.5 Å². The number of morpholine rings is 1. The molecule has 156 valence electrons. The fourth-order valence-corrected chi connectivity index (χ4v) is 3.06. The third kappa shape index (κ3) is 7.09. The van der Waals surface area contributed by atoms with Gasteiger partial charge in [0.2, 0.25) is 5.91 Å². The fourth-order valence-electron chi connectivity index (χ4n) is 3.06. The zero-order chi connectivity index (χ0) is 20.5. The van der Waals surface area contributed by atoms with Crippen LogP contribution in [0.15, 0.2) is 24.3 Å². The molecular formula is C20H28F2N2O4. The molecule has 0 aromatic heterocycles. The lowest BCUT2D eigenvalue weighted by Crippen LogP contribution is -2.48. The number of ether oxygens (including phenoxy) is 3. The van der Waals surface area contributed by atoms with Gasteiger partial charge >= 0.3 is 6.61 Å². The van der Waals surface area contributed by atoms with Crippen molar-refractivity contribution in [2.24, 2.45) is 5.92 Å². The number of nitrogens with zero attached hydrogens (tertiary/aromatic N) is 1. The average Bonchev–Trinajstić information content (AvgIpc) is 2.64. The van der Waals surface area contributed by atoms with Gasteiger partial charge in [-0.05, 0) is 18.1 Å². The summed E-state index contributed by atoms with van der Waals surface area (Å²) in [5.74, 6) is 0.298. The zero-order valence-electron chi connectivity index (χ0n) is 16.5. The zero-order valence-corrected chi connectivity index (χ0v) is 16.5. The van der Waals surface area contributed by atoms with Crippen molar-refractivity contribution in [3.8, 4) is 11.5 Å². The van der Waals surface area contributed by atoms with Gasteiger partial charge in [-0.1, -0.05) is 26.0 Å². The molecule has 1 N–H and O–H groups in total. The number of carbonyl (C=O) groups excluding carboxylic acids is 1. The van der Waals surface area contributed by atoms with Gasteiger partial charge in [0.25, 0.3) is 0 Å². The number of alkyl halides is 2. The summed E-state index contributed by atoms with van der Waals surface area (Å²) in [7, 11) is 1.36. The molecule has 1 aromatic carbocycles. The number of hydrogen-bond acceptors (Lipinski definition) is 5. The van der Waals surface area contributed by atoms with Crippen molar-refractivity contribution in [3.63, 3.8) is 0 Å². The van der Waals surface area contributed by atoms with Crippen LogP contribution in [0.1, 0.15) is 19.4 Å². The Morgan fingerprint density at radius 3 is 2.89 bits per heavy atom. The Morgan fingerprint density at radius 2 is 2.21 bits per heavy atom. The number of halogens is 2. The summed E-state index contributed by atoms with van der Waals surface area (Å²) in [5.41, 5.74) is 0.326. The maximum atomic E-state index is 12.7. The van der Waals surface area contributed by atoms with E-state index < -0.39 is 6.61 Å². The van der Waals surface area contributed by atoms with Crippen molar-refractivity contribution < 1.29 is 27.8 Å². The highest BCUT2D eigenvalue weighted by molar-refractivity contribution is 5.92. The van der Waals surface area contributed by atoms with Crippen LogP contribution in [0.25, 0.3) is 6.08 Å². The number of carbonyl (C=O) groups is 1. The van der Waals surface area contributed by atoms with Gasteiger partial charge in [-0.15, -0.1) is 0 Å². The molecule has 0 spiro atoms. The first-order valence-electron chi connectivity index (χ1n) is 9.30. The number of methoxy groups -OCH3 is 1. The van der Waals surface area contributed by atoms with Crippen LogP contribution in [0.2, 0.25) is 0 Å². The number of benzene rings is 1. The van der Waals surface area contributed by atoms with Crippen molar-refractivity contribution in [3.05, 3.63) is 29.8 Å². The maximum Gasteiger partial charge on any atom is 0.387 e. The Balaban J connectivity index is 1.91. The highest BCUT2D eigenvalue weighted by atomic mass is 19.3. The van der Waals surface area contributed by atoms with Gasteiger partial charge in [0.15, 0.2) is 11.5 Å². The molecule has 8 heteroatoms. The summed E-state index contributed by atoms with van der Waals surface area (Å²) in [5, 5.41) is 2.79. The highest BCUT2D eigenvalue weighted by Gasteiger charge is 2.21. The summed E-state index contributed by atoms with van der Waals surface area (Å²) < 4.78 is 40.6. The molecule has 28 heavy (non-hydrogen) atoms. The standard InChI is InChI=1S/C20H28F2N2O4/c1-14(2)12-24-9-10-27-16(13-24)11-23-18(25)8-7-15-5-4-6-17(26-3)19(15)28-20(21)22/h4-8,14,16,20H,9-13H2,1-3H3,(H,23,25)/b8-7+. The highest BCUT2D eigenvalue weighted by Crippen LogP contribution is 2.33. The van der Waals surface area contributed by atoms with Crippen molar-refractivity contribution in [2.45, 2.75) is 26.6 Å². The molecule has 1 fully saturated rings. The fraction of sp³-hybridized carbons (Fsp3) is 0.550. The van der Waals surface area contributed by atoms with Gasteiger partial charge in [-0.3, -0.25) is 9.69 Å². The summed E-state index contributed by atoms with van der Waals surface area (Å²) in [4.78, 5) is 14.4. The van der Waals surface area contributed by atoms with E-state index in [4.69, 9.17) is 9.47 Å². The van der Waals surface area contributed by atoms with E-state index in [9.17, 15) is 13.6 Å². The Kier molecular flexibility index (Phi) is 8.66. The van der Waals surface area contributed by atoms with E-state index >= 15 is 0 Å². The summed E-state index contributed by atoms with van der Waals surface area (Å²) >= 11 is 0. The molecule has 1 aromatic rings. The summed E-state index contributed by atoms with van der Waals surface area (Å²) in [6.45, 7) is 5.03. The minimum absolute atomic E-state index is 0.0700. The number of para-hydroxylation sites is 1. The molecule has 6 nitrogen and oxygen atoms in total. The topological polar surface area (TPSA) is 60.0 Å². The third-order valence-electron chi connectivity index (χ3n) is 4.20. The quantitative estimate of drug-likeness (QED) is 0.649. The van der Waals surface area contributed by atoms with E-state index in [1.54, 1.807) is 12.1 Å². The van der Waals surface area contributed by atoms with Crippen LogP contribution in [0.5, 0.6) is 11.5 Å².